The van der Waals surface area contributed by atoms with Gasteiger partial charge in [0.15, 0.2) is 23.0 Å². The van der Waals surface area contributed by atoms with Gasteiger partial charge in [0, 0.05) is 88.6 Å². The molecule has 0 radical (unpaired) electrons. The molecule has 5 heterocycles. The number of halogens is 12. The number of aromatic nitrogens is 8. The van der Waals surface area contributed by atoms with Crippen molar-refractivity contribution in [1.29, 1.82) is 0 Å². The van der Waals surface area contributed by atoms with E-state index in [9.17, 15) is 0 Å². The summed E-state index contributed by atoms with van der Waals surface area (Å²) in [5, 5.41) is -1.36. The van der Waals surface area contributed by atoms with E-state index in [-0.39, 0.29) is 192 Å². The summed E-state index contributed by atoms with van der Waals surface area (Å²) in [4.78, 5) is 41.3. The van der Waals surface area contributed by atoms with Crippen LogP contribution in [0.25, 0.3) is 89.7 Å². The third kappa shape index (κ3) is 13.9. The fourth-order valence-electron chi connectivity index (χ4n) is 12.2. The zero-order valence-electron chi connectivity index (χ0n) is 59.0. The average Bonchev–Trinajstić information content (AvgIpc) is 1.58. The topological polar surface area (TPSA) is 179 Å². The average molecular weight is 1700 g/mol. The van der Waals surface area contributed by atoms with Crippen molar-refractivity contribution in [2.75, 3.05) is 28.4 Å². The van der Waals surface area contributed by atoms with Crippen LogP contribution in [0.1, 0.15) is 105 Å². The van der Waals surface area contributed by atoms with Gasteiger partial charge in [-0.25, -0.2) is 9.97 Å². The monoisotopic (exact) mass is 1700 g/mol. The number of rotatable bonds is 12. The summed E-state index contributed by atoms with van der Waals surface area (Å²) in [7, 11) is 6.27. The summed E-state index contributed by atoms with van der Waals surface area (Å²) in [6, 6.07) is 21.3. The fraction of sp³-hybridized carbons (Fsp3) is 0.263. The van der Waals surface area contributed by atoms with Gasteiger partial charge in [-0.05, 0) is 94.5 Å². The van der Waals surface area contributed by atoms with Crippen LogP contribution in [0.15, 0.2) is 72.8 Å². The number of benzene rings is 8. The van der Waals surface area contributed by atoms with Crippen LogP contribution in [0.5, 0.6) is 69.0 Å². The molecule has 11 aromatic rings. The van der Waals surface area contributed by atoms with Crippen LogP contribution < -0.4 is 47.9 Å². The number of hydrogen-bond acceptors (Lipinski definition) is 14. The third-order valence-corrected chi connectivity index (χ3v) is 22.2. The molecule has 13 rings (SSSR count). The summed E-state index contributed by atoms with van der Waals surface area (Å²) in [6.07, 6.45) is 0. The minimum absolute atomic E-state index is 0. The molecular formula is C76H60Cl12N8O8Zn. The van der Waals surface area contributed by atoms with E-state index in [0.29, 0.717) is 46.0 Å². The Bertz CT molecular complexity index is 5340. The van der Waals surface area contributed by atoms with E-state index in [0.717, 1.165) is 22.3 Å². The predicted octanol–water partition coefficient (Wildman–Crippen LogP) is 26.4. The summed E-state index contributed by atoms with van der Waals surface area (Å²) in [5.74, 6) is 2.76. The molecule has 0 atom stereocenters. The van der Waals surface area contributed by atoms with E-state index in [1.54, 1.807) is 77.0 Å². The third-order valence-electron chi connectivity index (χ3n) is 17.4. The maximum absolute atomic E-state index is 7.74. The maximum Gasteiger partial charge on any atom is 2.00 e. The molecular weight excluding hydrogens is 1640 g/mol. The molecule has 16 nitrogen and oxygen atoms in total. The van der Waals surface area contributed by atoms with Gasteiger partial charge in [-0.3, -0.25) is 0 Å². The van der Waals surface area contributed by atoms with Crippen LogP contribution >= 0.6 is 139 Å². The van der Waals surface area contributed by atoms with Gasteiger partial charge in [-0.15, -0.1) is 0 Å². The van der Waals surface area contributed by atoms with Gasteiger partial charge < -0.3 is 67.8 Å². The van der Waals surface area contributed by atoms with Gasteiger partial charge in [0.1, 0.15) is 66.1 Å². The van der Waals surface area contributed by atoms with E-state index in [1.807, 2.05) is 107 Å². The predicted molar refractivity (Wildman–Crippen MR) is 421 cm³/mol. The molecule has 0 N–H and O–H groups in total. The van der Waals surface area contributed by atoms with Crippen molar-refractivity contribution in [3.8, 4) is 115 Å². The van der Waals surface area contributed by atoms with Crippen molar-refractivity contribution >= 4 is 183 Å². The van der Waals surface area contributed by atoms with Crippen molar-refractivity contribution in [3.05, 3.63) is 155 Å². The van der Waals surface area contributed by atoms with Crippen LogP contribution in [0.4, 0.5) is 0 Å². The first-order valence-electron chi connectivity index (χ1n) is 31.9. The first-order chi connectivity index (χ1) is 48.9. The Balaban J connectivity index is 0.0000104. The summed E-state index contributed by atoms with van der Waals surface area (Å²) in [5.41, 5.74) is 0.410. The normalized spacial score (nSPS) is 12.3. The minimum atomic E-state index is -0.513. The Morgan fingerprint density at radius 2 is 0.476 bits per heavy atom. The largest absolute Gasteiger partial charge is 2.00 e. The SMILES string of the molecule is COc1ccc(Oc2c(Cl)c(Cl)c3c(c2Cl)-c2nc-3nc3[n-]c(nc4nc(nc5[n-]c(n2)c2c(Cl)c(Cl)c(Oc6ccc(OC)cc6C(C)(C)C)c(Cl)c52)-c2c(Cl)c(Cl)c(Oc5ccc(OC)cc5C(C)(C)C)c(Cl)c2-4)c2c(Cl)c(Cl)c(Oc4ccc(OC)cc4C(C)(C)C)c(Cl)c32)c(C(C)(C)C)c1.[Zn+2]. The van der Waals surface area contributed by atoms with Crippen LogP contribution in [-0.4, -0.2) is 58.3 Å². The van der Waals surface area contributed by atoms with Crippen LogP contribution in [0.2, 0.25) is 60.3 Å². The number of methoxy groups -OCH3 is 4. The van der Waals surface area contributed by atoms with Gasteiger partial charge in [0.25, 0.3) is 0 Å². The summed E-state index contributed by atoms with van der Waals surface area (Å²) < 4.78 is 49.8. The molecule has 0 saturated carbocycles. The molecule has 538 valence electrons. The molecule has 8 bridgehead atoms. The molecule has 29 heteroatoms. The van der Waals surface area contributed by atoms with Crippen LogP contribution in [-0.2, 0) is 41.1 Å². The second kappa shape index (κ2) is 28.9. The number of ether oxygens (including phenoxy) is 8. The molecule has 0 aliphatic carbocycles. The molecule has 2 aliphatic rings. The zero-order valence-corrected chi connectivity index (χ0v) is 71.1. The standard InChI is InChI=1S/C76H60Cl12N8O8.Zn/c1-73(2,3)33-25-29(97-13)17-21-37(33)101-61-53(81)45-41(49(77)57(61)85)65-89-69(45)93-66-42-46(54(82)62(58(86)50(42)78)102-38-22-18-30(98-14)26-34(38)74(4,5)6)71(90-66)95-68-44-48(56(84)64(60(88)52(44)80)104-40-24-20-32(100-16)28-36(40)76(10,11)12)72(92-68)96-67-43-47(70(91-67)94-65)55(83)63(59(87)51(43)79)103-39-23-19-31(99-15)27-35(39)75(7,8)9;/h17-28H,1-16H3;/q-2;+2. The van der Waals surface area contributed by atoms with Crippen molar-refractivity contribution in [2.24, 2.45) is 0 Å². The molecule has 0 fully saturated rings. The van der Waals surface area contributed by atoms with E-state index >= 15 is 0 Å². The van der Waals surface area contributed by atoms with E-state index in [1.165, 1.54) is 0 Å². The second-order valence-electron chi connectivity index (χ2n) is 28.4. The number of fused-ring (bicyclic) bond motifs is 20. The van der Waals surface area contributed by atoms with Crippen molar-refractivity contribution in [1.82, 2.24) is 39.9 Å². The first-order valence-corrected chi connectivity index (χ1v) is 36.4. The molecule has 0 unspecified atom stereocenters. The van der Waals surface area contributed by atoms with Crippen molar-refractivity contribution in [2.45, 2.75) is 105 Å². The smallest absolute Gasteiger partial charge is 0.497 e. The van der Waals surface area contributed by atoms with Gasteiger partial charge >= 0.3 is 19.5 Å². The first kappa shape index (κ1) is 78.2. The van der Waals surface area contributed by atoms with Gasteiger partial charge in [0.05, 0.1) is 91.9 Å². The van der Waals surface area contributed by atoms with E-state index in [2.05, 4.69) is 0 Å². The Labute approximate surface area is 677 Å². The quantitative estimate of drug-likeness (QED) is 0.0832. The molecule has 2 aliphatic heterocycles. The van der Waals surface area contributed by atoms with Crippen LogP contribution in [0.3, 0.4) is 0 Å². The Kier molecular flexibility index (Phi) is 21.5. The minimum Gasteiger partial charge on any atom is -0.497 e. The fourth-order valence-corrected chi connectivity index (χ4v) is 15.6. The Morgan fingerprint density at radius 3 is 0.705 bits per heavy atom. The van der Waals surface area contributed by atoms with Gasteiger partial charge in [-0.2, -0.15) is 0 Å². The Morgan fingerprint density at radius 1 is 0.267 bits per heavy atom. The summed E-state index contributed by atoms with van der Waals surface area (Å²) >= 11 is 91.1. The van der Waals surface area contributed by atoms with Crippen LogP contribution in [0, 0.1) is 0 Å². The number of hydrogen-bond donors (Lipinski definition) is 0. The van der Waals surface area contributed by atoms with Crippen molar-refractivity contribution in [3.63, 3.8) is 0 Å². The molecule has 3 aromatic heterocycles. The van der Waals surface area contributed by atoms with E-state index in [4.69, 9.17) is 217 Å². The number of nitrogens with zero attached hydrogens (tertiary/aromatic N) is 8. The van der Waals surface area contributed by atoms with E-state index < -0.39 is 21.7 Å². The summed E-state index contributed by atoms with van der Waals surface area (Å²) in [6.45, 7) is 24.1. The second-order valence-corrected chi connectivity index (χ2v) is 33.0. The van der Waals surface area contributed by atoms with Crippen molar-refractivity contribution < 1.29 is 57.4 Å². The van der Waals surface area contributed by atoms with Gasteiger partial charge in [-0.1, -0.05) is 222 Å². The Hall–Kier alpha value is -6.38. The molecule has 0 saturated heterocycles. The van der Waals surface area contributed by atoms with Gasteiger partial charge in [0.2, 0.25) is 0 Å². The maximum atomic E-state index is 7.74. The molecule has 105 heavy (non-hydrogen) atoms. The molecule has 8 aromatic carbocycles. The molecule has 0 spiro atoms. The molecule has 0 amide bonds. The zero-order chi connectivity index (χ0) is 75.2.